The lowest BCUT2D eigenvalue weighted by atomic mass is 9.92. The van der Waals surface area contributed by atoms with Crippen LogP contribution >= 0.6 is 0 Å². The number of nitrogens with zero attached hydrogens (tertiary/aromatic N) is 1. The van der Waals surface area contributed by atoms with Gasteiger partial charge in [0.1, 0.15) is 6.10 Å². The minimum Gasteiger partial charge on any atom is -0.382 e. The second-order valence-corrected chi connectivity index (χ2v) is 4.13. The summed E-state index contributed by atoms with van der Waals surface area (Å²) in [6.45, 7) is 1.99. The molecule has 0 saturated carbocycles. The molecule has 0 bridgehead atoms. The Balaban J connectivity index is 2.23. The first-order valence-corrected chi connectivity index (χ1v) is 5.57. The number of allylic oxidation sites excluding steroid dienone is 1. The highest BCUT2D eigenvalue weighted by molar-refractivity contribution is 5.27. The molecule has 0 saturated heterocycles. The highest BCUT2D eigenvalue weighted by atomic mass is 16.3. The third kappa shape index (κ3) is 2.26. The Labute approximate surface area is 90.7 Å². The second-order valence-electron chi connectivity index (χ2n) is 4.13. The molecule has 1 aromatic heterocycles. The van der Waals surface area contributed by atoms with E-state index in [1.807, 2.05) is 19.1 Å². The Bertz CT molecular complexity index is 371. The molecule has 0 spiro atoms. The number of hydrogen-bond donors (Lipinski definition) is 1. The summed E-state index contributed by atoms with van der Waals surface area (Å²) in [6, 6.07) is 3.90. The molecule has 1 aromatic rings. The van der Waals surface area contributed by atoms with Gasteiger partial charge in [0, 0.05) is 6.20 Å². The molecular weight excluding hydrogens is 186 g/mol. The average molecular weight is 203 g/mol. The van der Waals surface area contributed by atoms with Gasteiger partial charge in [-0.3, -0.25) is 4.98 Å². The summed E-state index contributed by atoms with van der Waals surface area (Å²) in [5.74, 6) is 0. The van der Waals surface area contributed by atoms with Crippen LogP contribution in [0.3, 0.4) is 0 Å². The molecule has 1 aliphatic rings. The molecule has 0 radical (unpaired) electrons. The van der Waals surface area contributed by atoms with E-state index in [2.05, 4.69) is 11.1 Å². The van der Waals surface area contributed by atoms with Crippen molar-refractivity contribution in [2.24, 2.45) is 0 Å². The van der Waals surface area contributed by atoms with Crippen molar-refractivity contribution in [1.82, 2.24) is 4.98 Å². The predicted octanol–water partition coefficient (Wildman–Crippen LogP) is 2.92. The molecule has 1 aliphatic carbocycles. The Hall–Kier alpha value is -1.15. The standard InChI is InChI=1S/C13H17NO/c1-10-6-5-9-14-12(10)13(15)11-7-3-2-4-8-11/h5-7,9,13,15H,2-4,8H2,1H3. The SMILES string of the molecule is Cc1cccnc1C(O)C1=CCCCC1. The summed E-state index contributed by atoms with van der Waals surface area (Å²) in [5.41, 5.74) is 3.02. The maximum absolute atomic E-state index is 10.2. The molecule has 80 valence electrons. The predicted molar refractivity (Wildman–Crippen MR) is 60.5 cm³/mol. The molecule has 2 nitrogen and oxygen atoms in total. The number of aryl methyl sites for hydroxylation is 1. The minimum atomic E-state index is -0.494. The van der Waals surface area contributed by atoms with E-state index in [1.54, 1.807) is 6.20 Å². The molecule has 0 fully saturated rings. The van der Waals surface area contributed by atoms with E-state index in [-0.39, 0.29) is 0 Å². The molecular formula is C13H17NO. The van der Waals surface area contributed by atoms with Gasteiger partial charge in [0.2, 0.25) is 0 Å². The molecule has 1 N–H and O–H groups in total. The summed E-state index contributed by atoms with van der Waals surface area (Å²) < 4.78 is 0. The van der Waals surface area contributed by atoms with E-state index in [0.29, 0.717) is 0 Å². The molecule has 2 heteroatoms. The Morgan fingerprint density at radius 3 is 2.93 bits per heavy atom. The van der Waals surface area contributed by atoms with Crippen LogP contribution in [0.4, 0.5) is 0 Å². The summed E-state index contributed by atoms with van der Waals surface area (Å²) >= 11 is 0. The summed E-state index contributed by atoms with van der Waals surface area (Å²) in [7, 11) is 0. The van der Waals surface area contributed by atoms with Crippen LogP contribution in [-0.2, 0) is 0 Å². The number of pyridine rings is 1. The molecule has 0 aliphatic heterocycles. The van der Waals surface area contributed by atoms with Crippen LogP contribution < -0.4 is 0 Å². The van der Waals surface area contributed by atoms with Gasteiger partial charge in [-0.15, -0.1) is 0 Å². The van der Waals surface area contributed by atoms with Gasteiger partial charge in [-0.05, 0) is 49.8 Å². The van der Waals surface area contributed by atoms with E-state index in [4.69, 9.17) is 0 Å². The lowest BCUT2D eigenvalue weighted by Gasteiger charge is -2.19. The molecule has 15 heavy (non-hydrogen) atoms. The molecule has 1 heterocycles. The third-order valence-corrected chi connectivity index (χ3v) is 2.99. The van der Waals surface area contributed by atoms with Gasteiger partial charge in [0.15, 0.2) is 0 Å². The first-order chi connectivity index (χ1) is 7.29. The van der Waals surface area contributed by atoms with E-state index in [1.165, 1.54) is 12.8 Å². The van der Waals surface area contributed by atoms with Crippen LogP contribution in [-0.4, -0.2) is 10.1 Å². The van der Waals surface area contributed by atoms with Crippen molar-refractivity contribution in [1.29, 1.82) is 0 Å². The molecule has 0 aromatic carbocycles. The fraction of sp³-hybridized carbons (Fsp3) is 0.462. The summed E-state index contributed by atoms with van der Waals surface area (Å²) in [6.07, 6.45) is 7.96. The topological polar surface area (TPSA) is 33.1 Å². The van der Waals surface area contributed by atoms with E-state index in [0.717, 1.165) is 29.7 Å². The highest BCUT2D eigenvalue weighted by Crippen LogP contribution is 2.29. The fourth-order valence-corrected chi connectivity index (χ4v) is 2.07. The van der Waals surface area contributed by atoms with Crippen LogP contribution in [0.2, 0.25) is 0 Å². The van der Waals surface area contributed by atoms with E-state index >= 15 is 0 Å². The quantitative estimate of drug-likeness (QED) is 0.750. The van der Waals surface area contributed by atoms with Crippen molar-refractivity contribution in [3.63, 3.8) is 0 Å². The number of aliphatic hydroxyl groups is 1. The number of rotatable bonds is 2. The van der Waals surface area contributed by atoms with E-state index in [9.17, 15) is 5.11 Å². The minimum absolute atomic E-state index is 0.494. The second kappa shape index (κ2) is 4.58. The first-order valence-electron chi connectivity index (χ1n) is 5.57. The molecule has 1 unspecified atom stereocenters. The van der Waals surface area contributed by atoms with Crippen LogP contribution in [0.1, 0.15) is 43.0 Å². The number of aliphatic hydroxyl groups excluding tert-OH is 1. The zero-order chi connectivity index (χ0) is 10.7. The summed E-state index contributed by atoms with van der Waals surface area (Å²) in [5, 5.41) is 10.2. The maximum atomic E-state index is 10.2. The third-order valence-electron chi connectivity index (χ3n) is 2.99. The zero-order valence-electron chi connectivity index (χ0n) is 9.11. The summed E-state index contributed by atoms with van der Waals surface area (Å²) in [4.78, 5) is 4.26. The Kier molecular flexibility index (Phi) is 3.17. The van der Waals surface area contributed by atoms with Gasteiger partial charge < -0.3 is 5.11 Å². The lowest BCUT2D eigenvalue weighted by molar-refractivity contribution is 0.202. The van der Waals surface area contributed by atoms with Gasteiger partial charge in [-0.25, -0.2) is 0 Å². The van der Waals surface area contributed by atoms with Crippen molar-refractivity contribution in [2.45, 2.75) is 38.7 Å². The van der Waals surface area contributed by atoms with Crippen molar-refractivity contribution in [2.75, 3.05) is 0 Å². The molecule has 1 atom stereocenters. The van der Waals surface area contributed by atoms with E-state index < -0.39 is 6.10 Å². The average Bonchev–Trinajstić information content (AvgIpc) is 2.30. The first kappa shape index (κ1) is 10.4. The smallest absolute Gasteiger partial charge is 0.117 e. The molecule has 0 amide bonds. The number of aromatic nitrogens is 1. The highest BCUT2D eigenvalue weighted by Gasteiger charge is 2.17. The van der Waals surface area contributed by atoms with Crippen molar-refractivity contribution < 1.29 is 5.11 Å². The fourth-order valence-electron chi connectivity index (χ4n) is 2.07. The van der Waals surface area contributed by atoms with Crippen LogP contribution in [0, 0.1) is 6.92 Å². The van der Waals surface area contributed by atoms with Crippen LogP contribution in [0.25, 0.3) is 0 Å². The van der Waals surface area contributed by atoms with Crippen LogP contribution in [0.15, 0.2) is 30.0 Å². The van der Waals surface area contributed by atoms with Gasteiger partial charge in [0.05, 0.1) is 5.69 Å². The van der Waals surface area contributed by atoms with Crippen LogP contribution in [0.5, 0.6) is 0 Å². The number of hydrogen-bond acceptors (Lipinski definition) is 2. The largest absolute Gasteiger partial charge is 0.382 e. The van der Waals surface area contributed by atoms with Crippen molar-refractivity contribution in [3.8, 4) is 0 Å². The zero-order valence-corrected chi connectivity index (χ0v) is 9.11. The maximum Gasteiger partial charge on any atom is 0.117 e. The van der Waals surface area contributed by atoms with Crippen molar-refractivity contribution >= 4 is 0 Å². The van der Waals surface area contributed by atoms with Gasteiger partial charge in [-0.2, -0.15) is 0 Å². The van der Waals surface area contributed by atoms with Gasteiger partial charge in [-0.1, -0.05) is 12.1 Å². The van der Waals surface area contributed by atoms with Gasteiger partial charge in [0.25, 0.3) is 0 Å². The Morgan fingerprint density at radius 1 is 1.40 bits per heavy atom. The van der Waals surface area contributed by atoms with Gasteiger partial charge >= 0.3 is 0 Å². The normalized spacial score (nSPS) is 18.4. The molecule has 2 rings (SSSR count). The Morgan fingerprint density at radius 2 is 2.27 bits per heavy atom. The van der Waals surface area contributed by atoms with Crippen molar-refractivity contribution in [3.05, 3.63) is 41.2 Å². The monoisotopic (exact) mass is 203 g/mol. The lowest BCUT2D eigenvalue weighted by Crippen LogP contribution is -2.08.